The minimum absolute atomic E-state index is 0.0283. The van der Waals surface area contributed by atoms with Crippen LogP contribution in [0.3, 0.4) is 0 Å². The molecule has 2 bridgehead atoms. The molecule has 1 aromatic heterocycles. The van der Waals surface area contributed by atoms with Crippen molar-refractivity contribution in [3.8, 4) is 0 Å². The second kappa shape index (κ2) is 11.5. The van der Waals surface area contributed by atoms with E-state index in [1.54, 1.807) is 0 Å². The Morgan fingerprint density at radius 1 is 1.05 bits per heavy atom. The van der Waals surface area contributed by atoms with E-state index in [-0.39, 0.29) is 41.6 Å². The van der Waals surface area contributed by atoms with Crippen molar-refractivity contribution in [3.05, 3.63) is 83.8 Å². The topological polar surface area (TPSA) is 85.4 Å². The number of fused-ring (bicyclic) bond motifs is 2. The van der Waals surface area contributed by atoms with E-state index in [4.69, 9.17) is 0 Å². The lowest BCUT2D eigenvalue weighted by atomic mass is 9.87. The number of aromatic nitrogens is 2. The van der Waals surface area contributed by atoms with Crippen LogP contribution in [0.15, 0.2) is 66.9 Å². The molecule has 9 heteroatoms. The number of hydrogen-bond acceptors (Lipinski definition) is 7. The predicted octanol–water partition coefficient (Wildman–Crippen LogP) is 4.90. The van der Waals surface area contributed by atoms with Gasteiger partial charge in [0.1, 0.15) is 0 Å². The summed E-state index contributed by atoms with van der Waals surface area (Å²) in [5.74, 6) is -0.221. The Kier molecular flexibility index (Phi) is 7.62. The average Bonchev–Trinajstić information content (AvgIpc) is 3.58. The number of nitrogens with one attached hydrogen (secondary N) is 3. The molecule has 3 aliphatic rings. The lowest BCUT2D eigenvalue weighted by molar-refractivity contribution is -0.126. The number of likely N-dealkylation sites (N-methyl/N-ethyl adjacent to an activating group) is 1. The number of rotatable bonds is 8. The molecule has 1 saturated heterocycles. The molecule has 0 spiro atoms. The van der Waals surface area contributed by atoms with Crippen molar-refractivity contribution in [1.82, 2.24) is 20.2 Å². The number of piperazine rings is 1. The van der Waals surface area contributed by atoms with Crippen LogP contribution in [0, 0.1) is 30.5 Å². The fourth-order valence-electron chi connectivity index (χ4n) is 6.46. The number of aryl methyl sites for hydroxylation is 1. The second-order valence-corrected chi connectivity index (χ2v) is 11.6. The Labute approximate surface area is 241 Å². The van der Waals surface area contributed by atoms with Crippen LogP contribution in [0.4, 0.5) is 27.5 Å². The van der Waals surface area contributed by atoms with Gasteiger partial charge in [-0.2, -0.15) is 4.98 Å². The van der Waals surface area contributed by atoms with Gasteiger partial charge in [-0.15, -0.1) is 0 Å². The zero-order valence-electron chi connectivity index (χ0n) is 23.8. The molecule has 2 aliphatic carbocycles. The third-order valence-electron chi connectivity index (χ3n) is 8.76. The van der Waals surface area contributed by atoms with Crippen LogP contribution in [-0.2, 0) is 4.79 Å². The van der Waals surface area contributed by atoms with Gasteiger partial charge in [0.25, 0.3) is 0 Å². The lowest BCUT2D eigenvalue weighted by Crippen LogP contribution is -2.44. The Hall–Kier alpha value is -3.98. The predicted molar refractivity (Wildman–Crippen MR) is 161 cm³/mol. The van der Waals surface area contributed by atoms with Gasteiger partial charge in [-0.1, -0.05) is 42.5 Å². The molecule has 1 aliphatic heterocycles. The minimum Gasteiger partial charge on any atom is -0.369 e. The van der Waals surface area contributed by atoms with Gasteiger partial charge >= 0.3 is 0 Å². The quantitative estimate of drug-likeness (QED) is 0.341. The van der Waals surface area contributed by atoms with Crippen molar-refractivity contribution >= 4 is 29.0 Å². The van der Waals surface area contributed by atoms with E-state index in [2.05, 4.69) is 74.0 Å². The molecule has 2 aromatic carbocycles. The number of nitrogens with zero attached hydrogens (tertiary/aromatic N) is 4. The van der Waals surface area contributed by atoms with E-state index in [9.17, 15) is 9.18 Å². The number of halogens is 1. The summed E-state index contributed by atoms with van der Waals surface area (Å²) in [6.45, 7) is 8.19. The van der Waals surface area contributed by atoms with E-state index >= 15 is 0 Å². The molecule has 6 rings (SSSR count). The first-order valence-corrected chi connectivity index (χ1v) is 14.5. The highest BCUT2D eigenvalue weighted by molar-refractivity contribution is 5.82. The minimum atomic E-state index is -0.541. The van der Waals surface area contributed by atoms with Crippen LogP contribution >= 0.6 is 0 Å². The van der Waals surface area contributed by atoms with Crippen molar-refractivity contribution in [2.75, 3.05) is 48.8 Å². The normalized spacial score (nSPS) is 24.3. The maximum Gasteiger partial charge on any atom is 0.229 e. The lowest BCUT2D eigenvalue weighted by Gasteiger charge is -2.35. The highest BCUT2D eigenvalue weighted by Gasteiger charge is 2.48. The van der Waals surface area contributed by atoms with E-state index < -0.39 is 5.82 Å². The number of carbonyl (C=O) groups is 1. The number of carbonyl (C=O) groups excluding carboxylic acids is 1. The highest BCUT2D eigenvalue weighted by atomic mass is 19.1. The van der Waals surface area contributed by atoms with Crippen LogP contribution in [0.25, 0.3) is 0 Å². The van der Waals surface area contributed by atoms with E-state index in [0.717, 1.165) is 49.4 Å². The van der Waals surface area contributed by atoms with Crippen LogP contribution < -0.4 is 20.9 Å². The van der Waals surface area contributed by atoms with Crippen molar-refractivity contribution in [2.45, 2.75) is 32.4 Å². The molecule has 8 nitrogen and oxygen atoms in total. The number of anilines is 4. The van der Waals surface area contributed by atoms with Gasteiger partial charge < -0.3 is 25.8 Å². The largest absolute Gasteiger partial charge is 0.369 e. The summed E-state index contributed by atoms with van der Waals surface area (Å²) in [6, 6.07) is 15.7. The summed E-state index contributed by atoms with van der Waals surface area (Å²) in [6.07, 6.45) is 6.30. The van der Waals surface area contributed by atoms with Gasteiger partial charge in [-0.25, -0.2) is 9.37 Å². The van der Waals surface area contributed by atoms with Crippen LogP contribution in [0.5, 0.6) is 0 Å². The molecule has 1 saturated carbocycles. The molecule has 2 fully saturated rings. The molecule has 5 atom stereocenters. The van der Waals surface area contributed by atoms with Crippen molar-refractivity contribution in [1.29, 1.82) is 0 Å². The van der Waals surface area contributed by atoms with Gasteiger partial charge in [0.05, 0.1) is 18.2 Å². The van der Waals surface area contributed by atoms with Gasteiger partial charge in [0.15, 0.2) is 11.6 Å². The average molecular weight is 556 g/mol. The Balaban J connectivity index is 1.15. The molecule has 2 heterocycles. The molecule has 3 aromatic rings. The van der Waals surface area contributed by atoms with Gasteiger partial charge in [0, 0.05) is 43.6 Å². The van der Waals surface area contributed by atoms with Crippen LogP contribution in [0.2, 0.25) is 0 Å². The maximum absolute atomic E-state index is 15.0. The van der Waals surface area contributed by atoms with E-state index in [1.807, 2.05) is 43.3 Å². The Bertz CT molecular complexity index is 1420. The summed E-state index contributed by atoms with van der Waals surface area (Å²) >= 11 is 0. The van der Waals surface area contributed by atoms with Gasteiger partial charge in [-0.3, -0.25) is 4.79 Å². The van der Waals surface area contributed by atoms with Crippen molar-refractivity contribution < 1.29 is 9.18 Å². The third-order valence-corrected chi connectivity index (χ3v) is 8.76. The summed E-state index contributed by atoms with van der Waals surface area (Å²) in [4.78, 5) is 26.9. The number of allylic oxidation sites excluding steroid dienone is 1. The zero-order valence-corrected chi connectivity index (χ0v) is 23.8. The highest BCUT2D eigenvalue weighted by Crippen LogP contribution is 2.45. The first kappa shape index (κ1) is 27.2. The molecule has 41 heavy (non-hydrogen) atoms. The Morgan fingerprint density at radius 2 is 1.80 bits per heavy atom. The van der Waals surface area contributed by atoms with Crippen LogP contribution in [-0.4, -0.2) is 60.0 Å². The second-order valence-electron chi connectivity index (χ2n) is 11.6. The molecule has 0 radical (unpaired) electrons. The zero-order chi connectivity index (χ0) is 28.5. The number of amides is 1. The molecule has 3 N–H and O–H groups in total. The molecular weight excluding hydrogens is 517 g/mol. The summed E-state index contributed by atoms with van der Waals surface area (Å²) in [5, 5.41) is 9.70. The first-order valence-electron chi connectivity index (χ1n) is 14.5. The van der Waals surface area contributed by atoms with Crippen molar-refractivity contribution in [3.63, 3.8) is 0 Å². The smallest absolute Gasteiger partial charge is 0.229 e. The molecule has 214 valence electrons. The summed E-state index contributed by atoms with van der Waals surface area (Å²) < 4.78 is 15.0. The Morgan fingerprint density at radius 3 is 2.56 bits per heavy atom. The van der Waals surface area contributed by atoms with E-state index in [0.29, 0.717) is 5.95 Å². The summed E-state index contributed by atoms with van der Waals surface area (Å²) in [5.41, 5.74) is 4.27. The van der Waals surface area contributed by atoms with Gasteiger partial charge in [-0.05, 0) is 68.5 Å². The number of benzene rings is 2. The van der Waals surface area contributed by atoms with Crippen LogP contribution in [0.1, 0.15) is 30.5 Å². The SMILES string of the molecule is Cc1cc(Nc2ncc(F)c(N[C@@H]3[C@H](C(=O)NC(C)c4ccccc4)[C@H]4C=C[C@@H]3C4)n2)ccc1N1CCN(C)CC1. The maximum atomic E-state index is 15.0. The number of hydrogen-bond donors (Lipinski definition) is 3. The molecule has 1 unspecified atom stereocenters. The van der Waals surface area contributed by atoms with Crippen molar-refractivity contribution in [2.24, 2.45) is 17.8 Å². The van der Waals surface area contributed by atoms with Gasteiger partial charge in [0.2, 0.25) is 11.9 Å². The monoisotopic (exact) mass is 555 g/mol. The third kappa shape index (κ3) is 5.77. The standard InChI is InChI=1S/C32H38FN7O/c1-20-17-25(11-12-27(20)40-15-13-39(3)14-16-40)36-32-34-19-26(33)30(38-32)37-29-24-10-9-23(18-24)28(29)31(41)35-21(2)22-7-5-4-6-8-22/h4-12,17,19,21,23-24,28-29H,13-16,18H2,1-3H3,(H,35,41)(H2,34,36,37,38)/t21?,23-,24+,28+,29-/m0/s1. The fraction of sp³-hybridized carbons (Fsp3) is 0.406. The first-order chi connectivity index (χ1) is 19.9. The van der Waals surface area contributed by atoms with E-state index in [1.165, 1.54) is 11.9 Å². The molecule has 1 amide bonds. The summed E-state index contributed by atoms with van der Waals surface area (Å²) in [7, 11) is 2.15. The fourth-order valence-corrected chi connectivity index (χ4v) is 6.46. The molecular formula is C32H38FN7O.